The molecule has 0 fully saturated rings. The Labute approximate surface area is 154 Å². The molecule has 0 bridgehead atoms. The largest absolute Gasteiger partial charge is 0.491 e. The molecule has 26 heavy (non-hydrogen) atoms. The van der Waals surface area contributed by atoms with Gasteiger partial charge in [0.15, 0.2) is 0 Å². The zero-order chi connectivity index (χ0) is 18.9. The fourth-order valence-electron chi connectivity index (χ4n) is 2.56. The highest BCUT2D eigenvalue weighted by Crippen LogP contribution is 2.18. The number of aliphatic hydroxyl groups is 1. The molecule has 140 valence electrons. The third-order valence-corrected chi connectivity index (χ3v) is 3.91. The van der Waals surface area contributed by atoms with E-state index in [2.05, 4.69) is 5.32 Å². The van der Waals surface area contributed by atoms with Gasteiger partial charge in [0.1, 0.15) is 11.6 Å². The van der Waals surface area contributed by atoms with Crippen molar-refractivity contribution in [2.24, 2.45) is 0 Å². The number of aryl methyl sites for hydroxylation is 1. The Morgan fingerprint density at radius 3 is 2.38 bits per heavy atom. The third kappa shape index (κ3) is 6.84. The first kappa shape index (κ1) is 19.9. The van der Waals surface area contributed by atoms with Crippen molar-refractivity contribution in [2.45, 2.75) is 45.3 Å². The number of amides is 1. The molecule has 1 unspecified atom stereocenters. The van der Waals surface area contributed by atoms with E-state index in [0.29, 0.717) is 19.3 Å². The van der Waals surface area contributed by atoms with E-state index in [1.54, 1.807) is 24.3 Å². The number of benzene rings is 2. The number of carbonyl (C=O) groups is 1. The van der Waals surface area contributed by atoms with E-state index in [9.17, 15) is 14.3 Å². The molecule has 1 amide bonds. The van der Waals surface area contributed by atoms with Gasteiger partial charge in [-0.2, -0.15) is 0 Å². The van der Waals surface area contributed by atoms with Crippen LogP contribution >= 0.6 is 0 Å². The molecule has 4 nitrogen and oxygen atoms in total. The van der Waals surface area contributed by atoms with Crippen molar-refractivity contribution in [1.29, 1.82) is 0 Å². The maximum atomic E-state index is 12.8. The van der Waals surface area contributed by atoms with Crippen LogP contribution in [0.25, 0.3) is 0 Å². The maximum absolute atomic E-state index is 12.8. The summed E-state index contributed by atoms with van der Waals surface area (Å²) in [5, 5.41) is 12.9. The van der Waals surface area contributed by atoms with Gasteiger partial charge in [0.25, 0.3) is 0 Å². The maximum Gasteiger partial charge on any atom is 0.220 e. The summed E-state index contributed by atoms with van der Waals surface area (Å²) in [6.07, 6.45) is 1.09. The number of carbonyl (C=O) groups excluding carboxylic acids is 1. The Morgan fingerprint density at radius 2 is 1.77 bits per heavy atom. The van der Waals surface area contributed by atoms with Crippen LogP contribution < -0.4 is 10.1 Å². The van der Waals surface area contributed by atoms with Crippen molar-refractivity contribution in [3.05, 3.63) is 65.5 Å². The number of hydrogen-bond acceptors (Lipinski definition) is 3. The van der Waals surface area contributed by atoms with Crippen LogP contribution in [0, 0.1) is 5.82 Å². The van der Waals surface area contributed by atoms with Crippen molar-refractivity contribution in [3.63, 3.8) is 0 Å². The normalized spacial score (nSPS) is 12.0. The zero-order valence-electron chi connectivity index (χ0n) is 15.2. The van der Waals surface area contributed by atoms with E-state index in [1.807, 2.05) is 26.0 Å². The molecule has 0 spiro atoms. The fourth-order valence-corrected chi connectivity index (χ4v) is 2.56. The van der Waals surface area contributed by atoms with Crippen molar-refractivity contribution in [2.75, 3.05) is 6.54 Å². The van der Waals surface area contributed by atoms with Gasteiger partial charge in [0.05, 0.1) is 12.2 Å². The molecule has 0 aliphatic carbocycles. The molecular weight excluding hydrogens is 333 g/mol. The predicted molar refractivity (Wildman–Crippen MR) is 99.5 cm³/mol. The van der Waals surface area contributed by atoms with Crippen LogP contribution in [0.15, 0.2) is 48.5 Å². The summed E-state index contributed by atoms with van der Waals surface area (Å²) in [4.78, 5) is 11.9. The van der Waals surface area contributed by atoms with Crippen LogP contribution in [0.1, 0.15) is 43.9 Å². The minimum absolute atomic E-state index is 0.0972. The van der Waals surface area contributed by atoms with Gasteiger partial charge >= 0.3 is 0 Å². The lowest BCUT2D eigenvalue weighted by Crippen LogP contribution is -2.28. The second kappa shape index (κ2) is 9.92. The lowest BCUT2D eigenvalue weighted by atomic mass is 10.1. The summed E-state index contributed by atoms with van der Waals surface area (Å²) >= 11 is 0. The van der Waals surface area contributed by atoms with Crippen LogP contribution in [-0.4, -0.2) is 23.7 Å². The smallest absolute Gasteiger partial charge is 0.220 e. The highest BCUT2D eigenvalue weighted by atomic mass is 19.1. The van der Waals surface area contributed by atoms with Crippen molar-refractivity contribution < 1.29 is 19.0 Å². The van der Waals surface area contributed by atoms with E-state index in [0.717, 1.165) is 16.9 Å². The van der Waals surface area contributed by atoms with Crippen molar-refractivity contribution in [3.8, 4) is 5.75 Å². The van der Waals surface area contributed by atoms with Crippen LogP contribution in [0.5, 0.6) is 5.75 Å². The Kier molecular flexibility index (Phi) is 7.60. The summed E-state index contributed by atoms with van der Waals surface area (Å²) in [7, 11) is 0. The van der Waals surface area contributed by atoms with E-state index in [1.165, 1.54) is 12.1 Å². The minimum atomic E-state index is -0.760. The molecule has 0 saturated carbocycles. The van der Waals surface area contributed by atoms with Crippen LogP contribution in [0.3, 0.4) is 0 Å². The standard InChI is InChI=1S/C21H26FNO3/c1-15(2)26-19-12-8-17(9-13-19)20(24)14-23-21(25)5-3-4-16-6-10-18(22)11-7-16/h6-13,15,20,24H,3-5,14H2,1-2H3,(H,23,25). The summed E-state index contributed by atoms with van der Waals surface area (Å²) < 4.78 is 18.4. The second-order valence-corrected chi connectivity index (χ2v) is 6.54. The molecule has 0 radical (unpaired) electrons. The molecule has 5 heteroatoms. The van der Waals surface area contributed by atoms with Crippen molar-refractivity contribution >= 4 is 5.91 Å². The monoisotopic (exact) mass is 359 g/mol. The van der Waals surface area contributed by atoms with E-state index in [4.69, 9.17) is 4.74 Å². The highest BCUT2D eigenvalue weighted by molar-refractivity contribution is 5.75. The second-order valence-electron chi connectivity index (χ2n) is 6.54. The summed E-state index contributed by atoms with van der Waals surface area (Å²) in [5.41, 5.74) is 1.73. The predicted octanol–water partition coefficient (Wildman–Crippen LogP) is 3.79. The zero-order valence-corrected chi connectivity index (χ0v) is 15.2. The first-order valence-corrected chi connectivity index (χ1v) is 8.90. The number of rotatable bonds is 9. The first-order chi connectivity index (χ1) is 12.4. The van der Waals surface area contributed by atoms with Crippen molar-refractivity contribution in [1.82, 2.24) is 5.32 Å². The van der Waals surface area contributed by atoms with Gasteiger partial charge in [0, 0.05) is 13.0 Å². The molecule has 0 saturated heterocycles. The van der Waals surface area contributed by atoms with Gasteiger partial charge in [-0.15, -0.1) is 0 Å². The molecule has 0 aliphatic heterocycles. The molecule has 0 heterocycles. The van der Waals surface area contributed by atoms with Gasteiger partial charge in [0.2, 0.25) is 5.91 Å². The molecule has 0 aliphatic rings. The Balaban J connectivity index is 1.70. The molecular formula is C21H26FNO3. The number of ether oxygens (including phenoxy) is 1. The topological polar surface area (TPSA) is 58.6 Å². The third-order valence-electron chi connectivity index (χ3n) is 3.91. The molecule has 2 aromatic rings. The van der Waals surface area contributed by atoms with Crippen LogP contribution in [0.4, 0.5) is 4.39 Å². The summed E-state index contributed by atoms with van der Waals surface area (Å²) in [5.74, 6) is 0.385. The Morgan fingerprint density at radius 1 is 1.12 bits per heavy atom. The first-order valence-electron chi connectivity index (χ1n) is 8.90. The van der Waals surface area contributed by atoms with E-state index >= 15 is 0 Å². The van der Waals surface area contributed by atoms with Gasteiger partial charge in [-0.05, 0) is 62.1 Å². The Bertz CT molecular complexity index is 683. The van der Waals surface area contributed by atoms with Gasteiger partial charge in [-0.25, -0.2) is 4.39 Å². The molecule has 0 aromatic heterocycles. The number of hydrogen-bond donors (Lipinski definition) is 2. The lowest BCUT2D eigenvalue weighted by Gasteiger charge is -2.14. The molecule has 2 rings (SSSR count). The average molecular weight is 359 g/mol. The van der Waals surface area contributed by atoms with Crippen LogP contribution in [0.2, 0.25) is 0 Å². The van der Waals surface area contributed by atoms with Gasteiger partial charge < -0.3 is 15.2 Å². The molecule has 1 atom stereocenters. The highest BCUT2D eigenvalue weighted by Gasteiger charge is 2.10. The number of nitrogens with one attached hydrogen (secondary N) is 1. The summed E-state index contributed by atoms with van der Waals surface area (Å²) in [6.45, 7) is 4.07. The van der Waals surface area contributed by atoms with Crippen LogP contribution in [-0.2, 0) is 11.2 Å². The summed E-state index contributed by atoms with van der Waals surface area (Å²) in [6, 6.07) is 13.5. The molecule has 2 aromatic carbocycles. The number of aliphatic hydroxyl groups excluding tert-OH is 1. The SMILES string of the molecule is CC(C)Oc1ccc(C(O)CNC(=O)CCCc2ccc(F)cc2)cc1. The van der Waals surface area contributed by atoms with E-state index in [-0.39, 0.29) is 24.4 Å². The van der Waals surface area contributed by atoms with E-state index < -0.39 is 6.10 Å². The van der Waals surface area contributed by atoms with Gasteiger partial charge in [-0.3, -0.25) is 4.79 Å². The van der Waals surface area contributed by atoms with Gasteiger partial charge in [-0.1, -0.05) is 24.3 Å². The quantitative estimate of drug-likeness (QED) is 0.716. The minimum Gasteiger partial charge on any atom is -0.491 e. The lowest BCUT2D eigenvalue weighted by molar-refractivity contribution is -0.121. The average Bonchev–Trinajstić information content (AvgIpc) is 2.61. The number of halogens is 1. The molecule has 2 N–H and O–H groups in total. The fraction of sp³-hybridized carbons (Fsp3) is 0.381. The Hall–Kier alpha value is -2.40.